The maximum Gasteiger partial charge on any atom is 0.325 e. The molecule has 1 atom stereocenters. The number of carboxylic acids is 1. The number of nitrogens with zero attached hydrogens (tertiary/aromatic N) is 1. The van der Waals surface area contributed by atoms with E-state index in [1.807, 2.05) is 0 Å². The van der Waals surface area contributed by atoms with Crippen molar-refractivity contribution in [2.24, 2.45) is 0 Å². The van der Waals surface area contributed by atoms with E-state index in [2.05, 4.69) is 15.9 Å². The van der Waals surface area contributed by atoms with E-state index in [-0.39, 0.29) is 17.2 Å². The molecular weight excluding hydrogens is 390 g/mol. The Morgan fingerprint density at radius 1 is 1.65 bits per heavy atom. The molecule has 1 aliphatic heterocycles. The Bertz CT molecular complexity index is 625. The van der Waals surface area contributed by atoms with Gasteiger partial charge in [0.2, 0.25) is 0 Å². The fourth-order valence-corrected chi connectivity index (χ4v) is 6.86. The summed E-state index contributed by atoms with van der Waals surface area (Å²) in [5.41, 5.74) is -1.35. The molecule has 20 heavy (non-hydrogen) atoms. The molecule has 5 nitrogen and oxygen atoms in total. The summed E-state index contributed by atoms with van der Waals surface area (Å²) in [7, 11) is -3.85. The third-order valence-corrected chi connectivity index (χ3v) is 8.47. The van der Waals surface area contributed by atoms with Gasteiger partial charge in [-0.1, -0.05) is 18.5 Å². The predicted octanol–water partition coefficient (Wildman–Crippen LogP) is 3.18. The van der Waals surface area contributed by atoms with Crippen molar-refractivity contribution < 1.29 is 18.3 Å². The van der Waals surface area contributed by atoms with Gasteiger partial charge in [0.25, 0.3) is 10.0 Å². The van der Waals surface area contributed by atoms with Crippen LogP contribution in [0.15, 0.2) is 14.1 Å². The highest BCUT2D eigenvalue weighted by Gasteiger charge is 2.52. The van der Waals surface area contributed by atoms with Crippen molar-refractivity contribution in [1.82, 2.24) is 4.31 Å². The zero-order valence-corrected chi connectivity index (χ0v) is 14.6. The fraction of sp³-hybridized carbons (Fsp3) is 0.545. The van der Waals surface area contributed by atoms with Crippen LogP contribution in [0.1, 0.15) is 26.2 Å². The largest absolute Gasteiger partial charge is 0.480 e. The minimum atomic E-state index is -3.85. The lowest BCUT2D eigenvalue weighted by atomic mass is 9.95. The molecule has 1 aromatic heterocycles. The Kier molecular flexibility index (Phi) is 4.52. The van der Waals surface area contributed by atoms with Gasteiger partial charge in [0, 0.05) is 6.54 Å². The number of hydrogen-bond acceptors (Lipinski definition) is 4. The second-order valence-electron chi connectivity index (χ2n) is 4.56. The van der Waals surface area contributed by atoms with E-state index in [1.165, 1.54) is 6.07 Å². The molecule has 2 rings (SSSR count). The number of aliphatic carboxylic acids is 1. The van der Waals surface area contributed by atoms with Gasteiger partial charge in [-0.15, -0.1) is 11.3 Å². The minimum absolute atomic E-state index is 0.0651. The molecule has 1 aromatic rings. The lowest BCUT2D eigenvalue weighted by Crippen LogP contribution is -2.52. The molecule has 0 radical (unpaired) electrons. The molecule has 0 aliphatic carbocycles. The van der Waals surface area contributed by atoms with Crippen LogP contribution < -0.4 is 0 Å². The average Bonchev–Trinajstić information content (AvgIpc) is 2.95. The van der Waals surface area contributed by atoms with Crippen molar-refractivity contribution in [3.05, 3.63) is 14.9 Å². The van der Waals surface area contributed by atoms with E-state index in [1.54, 1.807) is 6.92 Å². The summed E-state index contributed by atoms with van der Waals surface area (Å²) >= 11 is 10.0. The van der Waals surface area contributed by atoms with Crippen LogP contribution in [-0.2, 0) is 14.8 Å². The summed E-state index contributed by atoms with van der Waals surface area (Å²) in [6.07, 6.45) is 1.11. The van der Waals surface area contributed by atoms with Gasteiger partial charge >= 0.3 is 5.97 Å². The van der Waals surface area contributed by atoms with E-state index >= 15 is 0 Å². The Hall–Kier alpha value is -0.150. The zero-order valence-electron chi connectivity index (χ0n) is 10.6. The van der Waals surface area contributed by atoms with Gasteiger partial charge in [-0.2, -0.15) is 4.31 Å². The van der Waals surface area contributed by atoms with Gasteiger partial charge in [0.05, 0.1) is 8.81 Å². The van der Waals surface area contributed by atoms with Gasteiger partial charge in [0.15, 0.2) is 0 Å². The molecular formula is C11H13BrClNO4S2. The van der Waals surface area contributed by atoms with E-state index in [0.717, 1.165) is 15.6 Å². The van der Waals surface area contributed by atoms with Crippen molar-refractivity contribution >= 4 is 54.9 Å². The maximum atomic E-state index is 12.7. The van der Waals surface area contributed by atoms with Gasteiger partial charge in [-0.05, 0) is 41.3 Å². The Morgan fingerprint density at radius 2 is 2.30 bits per heavy atom. The molecule has 0 spiro atoms. The number of halogens is 2. The molecule has 0 saturated carbocycles. The molecule has 1 fully saturated rings. The number of rotatable bonds is 4. The van der Waals surface area contributed by atoms with E-state index in [9.17, 15) is 18.3 Å². The average molecular weight is 403 g/mol. The van der Waals surface area contributed by atoms with Crippen LogP contribution in [0.4, 0.5) is 0 Å². The molecule has 1 aliphatic rings. The fourth-order valence-electron chi connectivity index (χ4n) is 2.48. The van der Waals surface area contributed by atoms with E-state index < -0.39 is 21.5 Å². The molecule has 2 heterocycles. The zero-order chi connectivity index (χ0) is 15.1. The molecule has 0 amide bonds. The second-order valence-corrected chi connectivity index (χ2v) is 9.42. The SMILES string of the molecule is CCC1(C(=O)O)CCCN1S(=O)(=O)c1cc(Cl)c(Br)s1. The summed E-state index contributed by atoms with van der Waals surface area (Å²) in [5.74, 6) is -1.09. The van der Waals surface area contributed by atoms with Gasteiger partial charge < -0.3 is 5.11 Å². The van der Waals surface area contributed by atoms with Crippen LogP contribution >= 0.6 is 38.9 Å². The molecule has 1 saturated heterocycles. The molecule has 0 aromatic carbocycles. The van der Waals surface area contributed by atoms with Crippen LogP contribution in [0, 0.1) is 0 Å². The first-order valence-electron chi connectivity index (χ1n) is 5.97. The predicted molar refractivity (Wildman–Crippen MR) is 80.8 cm³/mol. The third kappa shape index (κ3) is 2.41. The monoisotopic (exact) mass is 401 g/mol. The van der Waals surface area contributed by atoms with Gasteiger partial charge in [-0.3, -0.25) is 4.79 Å². The first-order valence-corrected chi connectivity index (χ1v) is 9.39. The smallest absolute Gasteiger partial charge is 0.325 e. The van der Waals surface area contributed by atoms with Crippen molar-refractivity contribution in [3.63, 3.8) is 0 Å². The summed E-state index contributed by atoms with van der Waals surface area (Å²) in [4.78, 5) is 11.6. The minimum Gasteiger partial charge on any atom is -0.480 e. The summed E-state index contributed by atoms with van der Waals surface area (Å²) < 4.78 is 27.0. The van der Waals surface area contributed by atoms with Gasteiger partial charge in [0.1, 0.15) is 9.75 Å². The lowest BCUT2D eigenvalue weighted by molar-refractivity contribution is -0.147. The quantitative estimate of drug-likeness (QED) is 0.839. The topological polar surface area (TPSA) is 74.7 Å². The van der Waals surface area contributed by atoms with Crippen LogP contribution in [0.25, 0.3) is 0 Å². The van der Waals surface area contributed by atoms with Gasteiger partial charge in [-0.25, -0.2) is 8.42 Å². The Balaban J connectivity index is 2.51. The highest BCUT2D eigenvalue weighted by molar-refractivity contribution is 9.11. The Morgan fingerprint density at radius 3 is 2.75 bits per heavy atom. The van der Waals surface area contributed by atoms with Crippen molar-refractivity contribution in [3.8, 4) is 0 Å². The standard InChI is InChI=1S/C11H13BrClNO4S2/c1-2-11(10(15)16)4-3-5-14(11)20(17,18)8-6-7(13)9(12)19-8/h6H,2-5H2,1H3,(H,15,16). The summed E-state index contributed by atoms with van der Waals surface area (Å²) in [6.45, 7) is 1.91. The summed E-state index contributed by atoms with van der Waals surface area (Å²) in [6, 6.07) is 1.35. The third-order valence-electron chi connectivity index (χ3n) is 3.58. The normalized spacial score (nSPS) is 24.1. The highest BCUT2D eigenvalue weighted by Crippen LogP contribution is 2.41. The summed E-state index contributed by atoms with van der Waals surface area (Å²) in [5, 5.41) is 9.78. The number of sulfonamides is 1. The molecule has 9 heteroatoms. The van der Waals surface area contributed by atoms with Crippen LogP contribution in [0.2, 0.25) is 5.02 Å². The first-order chi connectivity index (χ1) is 9.25. The second kappa shape index (κ2) is 5.57. The number of thiophene rings is 1. The number of carboxylic acid groups (broad SMARTS) is 1. The van der Waals surface area contributed by atoms with Crippen molar-refractivity contribution in [1.29, 1.82) is 0 Å². The van der Waals surface area contributed by atoms with Crippen LogP contribution in [0.5, 0.6) is 0 Å². The Labute approximate surface area is 134 Å². The highest BCUT2D eigenvalue weighted by atomic mass is 79.9. The van der Waals surface area contributed by atoms with Crippen LogP contribution in [-0.4, -0.2) is 35.9 Å². The van der Waals surface area contributed by atoms with Crippen molar-refractivity contribution in [2.75, 3.05) is 6.54 Å². The lowest BCUT2D eigenvalue weighted by Gasteiger charge is -2.32. The number of hydrogen-bond donors (Lipinski definition) is 1. The maximum absolute atomic E-state index is 12.7. The molecule has 1 N–H and O–H groups in total. The van der Waals surface area contributed by atoms with Crippen molar-refractivity contribution in [2.45, 2.75) is 35.9 Å². The number of carbonyl (C=O) groups is 1. The molecule has 112 valence electrons. The van der Waals surface area contributed by atoms with E-state index in [4.69, 9.17) is 11.6 Å². The molecule has 1 unspecified atom stereocenters. The molecule has 0 bridgehead atoms. The first kappa shape index (κ1) is 16.2. The van der Waals surface area contributed by atoms with Crippen LogP contribution in [0.3, 0.4) is 0 Å². The van der Waals surface area contributed by atoms with E-state index in [0.29, 0.717) is 21.7 Å².